The van der Waals surface area contributed by atoms with Crippen LogP contribution in [0.15, 0.2) is 67.0 Å². The number of pyridine rings is 1. The molecular formula is C22H23N2NaO3. The van der Waals surface area contributed by atoms with Crippen molar-refractivity contribution in [3.8, 4) is 0 Å². The fourth-order valence-corrected chi connectivity index (χ4v) is 3.68. The van der Waals surface area contributed by atoms with Gasteiger partial charge in [-0.1, -0.05) is 42.5 Å². The summed E-state index contributed by atoms with van der Waals surface area (Å²) in [6, 6.07) is 13.7. The number of carbonyl (C=O) groups excluding carboxylic acids is 2. The fraction of sp³-hybridized carbons (Fsp3) is 0.318. The number of aromatic nitrogens is 1. The Labute approximate surface area is 187 Å². The molecule has 28 heavy (non-hydrogen) atoms. The van der Waals surface area contributed by atoms with Crippen LogP contribution in [0.3, 0.4) is 0 Å². The Bertz CT molecular complexity index is 796. The Morgan fingerprint density at radius 1 is 1.14 bits per heavy atom. The maximum Gasteiger partial charge on any atom is 1.00 e. The average Bonchev–Trinajstić information content (AvgIpc) is 3.12. The number of rotatable bonds is 7. The van der Waals surface area contributed by atoms with E-state index in [9.17, 15) is 14.7 Å². The number of likely N-dealkylation sites (tertiary alicyclic amines) is 1. The number of carboxylic acid groups (broad SMARTS) is 1. The molecule has 2 aromatic rings. The number of amides is 1. The van der Waals surface area contributed by atoms with E-state index < -0.39 is 5.97 Å². The van der Waals surface area contributed by atoms with Crippen molar-refractivity contribution in [3.63, 3.8) is 0 Å². The maximum atomic E-state index is 13.0. The quantitative estimate of drug-likeness (QED) is 0.487. The van der Waals surface area contributed by atoms with Gasteiger partial charge in [0.2, 0.25) is 0 Å². The smallest absolute Gasteiger partial charge is 0.550 e. The molecule has 1 fully saturated rings. The van der Waals surface area contributed by atoms with E-state index in [0.29, 0.717) is 24.4 Å². The van der Waals surface area contributed by atoms with Gasteiger partial charge in [0.15, 0.2) is 0 Å². The van der Waals surface area contributed by atoms with E-state index in [1.807, 2.05) is 35.3 Å². The van der Waals surface area contributed by atoms with Crippen molar-refractivity contribution >= 4 is 11.9 Å². The van der Waals surface area contributed by atoms with Crippen LogP contribution in [-0.4, -0.2) is 28.3 Å². The molecule has 1 amide bonds. The molecule has 0 N–H and O–H groups in total. The molecule has 3 rings (SSSR count). The number of hydrogen-bond donors (Lipinski definition) is 0. The first-order valence-electron chi connectivity index (χ1n) is 9.27. The first kappa shape index (κ1) is 22.3. The number of nitrogens with zero attached hydrogens (tertiary/aromatic N) is 2. The third-order valence-corrected chi connectivity index (χ3v) is 4.95. The molecule has 1 saturated heterocycles. The predicted molar refractivity (Wildman–Crippen MR) is 101 cm³/mol. The number of allylic oxidation sites excluding steroid dienone is 2. The van der Waals surface area contributed by atoms with Crippen LogP contribution in [0.2, 0.25) is 0 Å². The summed E-state index contributed by atoms with van der Waals surface area (Å²) < 4.78 is 0. The van der Waals surface area contributed by atoms with Gasteiger partial charge in [0.05, 0.1) is 11.6 Å². The Hall–Kier alpha value is -1.95. The number of carbonyl (C=O) groups is 2. The van der Waals surface area contributed by atoms with E-state index >= 15 is 0 Å². The van der Waals surface area contributed by atoms with Crippen LogP contribution >= 0.6 is 0 Å². The molecule has 6 heteroatoms. The van der Waals surface area contributed by atoms with Gasteiger partial charge < -0.3 is 14.8 Å². The predicted octanol–water partition coefficient (Wildman–Crippen LogP) is -0.235. The minimum atomic E-state index is -1.03. The van der Waals surface area contributed by atoms with E-state index in [2.05, 4.69) is 17.1 Å². The second-order valence-corrected chi connectivity index (χ2v) is 6.76. The number of carboxylic acids is 1. The van der Waals surface area contributed by atoms with Crippen LogP contribution < -0.4 is 34.7 Å². The van der Waals surface area contributed by atoms with Crippen molar-refractivity contribution in [1.29, 1.82) is 0 Å². The van der Waals surface area contributed by atoms with Crippen molar-refractivity contribution in [2.45, 2.75) is 31.7 Å². The number of aliphatic carboxylic acids is 1. The molecular weight excluding hydrogens is 363 g/mol. The third-order valence-electron chi connectivity index (χ3n) is 4.95. The normalized spacial score (nSPS) is 18.8. The standard InChI is InChI=1S/C22H24N2O3.Na/c25-20(26)12-6-2-5-10-18-13-15-24(21(18)17-8-3-1-4-9-17)22(27)19-11-7-14-23-16-19;/h1-5,7-9,11,14,16,18,21H,6,10,12-13,15H2,(H,25,26);/q;+1/p-1/b5-2-;/t18-,21-;/m1./s1. The van der Waals surface area contributed by atoms with Crippen LogP contribution in [-0.2, 0) is 4.79 Å². The van der Waals surface area contributed by atoms with Crippen molar-refractivity contribution in [1.82, 2.24) is 9.88 Å². The van der Waals surface area contributed by atoms with Crippen molar-refractivity contribution in [3.05, 3.63) is 78.1 Å². The zero-order chi connectivity index (χ0) is 19.1. The van der Waals surface area contributed by atoms with Gasteiger partial charge in [-0.05, 0) is 49.3 Å². The molecule has 2 heterocycles. The van der Waals surface area contributed by atoms with Gasteiger partial charge in [0.1, 0.15) is 0 Å². The van der Waals surface area contributed by atoms with Crippen LogP contribution in [0.1, 0.15) is 47.6 Å². The fourth-order valence-electron chi connectivity index (χ4n) is 3.68. The molecule has 1 aromatic heterocycles. The summed E-state index contributed by atoms with van der Waals surface area (Å²) in [7, 11) is 0. The van der Waals surface area contributed by atoms with Crippen molar-refractivity contribution in [2.24, 2.45) is 5.92 Å². The second-order valence-electron chi connectivity index (χ2n) is 6.76. The molecule has 0 saturated carbocycles. The molecule has 0 unspecified atom stereocenters. The van der Waals surface area contributed by atoms with Gasteiger partial charge in [-0.25, -0.2) is 0 Å². The molecule has 0 bridgehead atoms. The molecule has 0 aliphatic carbocycles. The van der Waals surface area contributed by atoms with Gasteiger partial charge in [0, 0.05) is 24.9 Å². The monoisotopic (exact) mass is 386 g/mol. The van der Waals surface area contributed by atoms with Gasteiger partial charge in [-0.15, -0.1) is 0 Å². The molecule has 1 aliphatic rings. The number of hydrogen-bond acceptors (Lipinski definition) is 4. The van der Waals surface area contributed by atoms with Crippen molar-refractivity contribution in [2.75, 3.05) is 6.54 Å². The molecule has 1 aromatic carbocycles. The zero-order valence-electron chi connectivity index (χ0n) is 16.2. The van der Waals surface area contributed by atoms with Crippen LogP contribution in [0.25, 0.3) is 0 Å². The molecule has 0 radical (unpaired) electrons. The first-order valence-corrected chi connectivity index (χ1v) is 9.27. The Morgan fingerprint density at radius 3 is 2.61 bits per heavy atom. The van der Waals surface area contributed by atoms with E-state index in [-0.39, 0.29) is 47.9 Å². The Balaban J connectivity index is 0.00000280. The van der Waals surface area contributed by atoms with E-state index in [1.165, 1.54) is 0 Å². The Morgan fingerprint density at radius 2 is 1.93 bits per heavy atom. The Kier molecular flexibility index (Phi) is 8.90. The summed E-state index contributed by atoms with van der Waals surface area (Å²) in [6.45, 7) is 0.699. The minimum absolute atomic E-state index is 0. The summed E-state index contributed by atoms with van der Waals surface area (Å²) in [6.07, 6.45) is 9.43. The van der Waals surface area contributed by atoms with Crippen LogP contribution in [0.4, 0.5) is 0 Å². The first-order chi connectivity index (χ1) is 13.2. The summed E-state index contributed by atoms with van der Waals surface area (Å²) in [5.41, 5.74) is 1.73. The van der Waals surface area contributed by atoms with Crippen LogP contribution in [0.5, 0.6) is 0 Å². The summed E-state index contributed by atoms with van der Waals surface area (Å²) in [5.74, 6) is -0.733. The van der Waals surface area contributed by atoms with E-state index in [0.717, 1.165) is 18.4 Å². The second kappa shape index (κ2) is 11.1. The van der Waals surface area contributed by atoms with Gasteiger partial charge in [-0.3, -0.25) is 9.78 Å². The topological polar surface area (TPSA) is 73.3 Å². The van der Waals surface area contributed by atoms with Crippen LogP contribution in [0, 0.1) is 5.92 Å². The molecule has 140 valence electrons. The van der Waals surface area contributed by atoms with Gasteiger partial charge in [0.25, 0.3) is 5.91 Å². The maximum absolute atomic E-state index is 13.0. The third kappa shape index (κ3) is 5.77. The largest absolute Gasteiger partial charge is 1.00 e. The van der Waals surface area contributed by atoms with E-state index in [1.54, 1.807) is 24.5 Å². The minimum Gasteiger partial charge on any atom is -0.550 e. The van der Waals surface area contributed by atoms with Gasteiger partial charge >= 0.3 is 29.6 Å². The summed E-state index contributed by atoms with van der Waals surface area (Å²) >= 11 is 0. The molecule has 2 atom stereocenters. The van der Waals surface area contributed by atoms with E-state index in [4.69, 9.17) is 0 Å². The average molecular weight is 386 g/mol. The van der Waals surface area contributed by atoms with Gasteiger partial charge in [-0.2, -0.15) is 0 Å². The molecule has 1 aliphatic heterocycles. The summed E-state index contributed by atoms with van der Waals surface area (Å²) in [5, 5.41) is 10.5. The van der Waals surface area contributed by atoms with Crippen molar-refractivity contribution < 1.29 is 44.3 Å². The molecule has 0 spiro atoms. The number of benzene rings is 1. The molecule has 5 nitrogen and oxygen atoms in total. The SMILES string of the molecule is O=C([O-])CC/C=C\C[C@@H]1CCN(C(=O)c2cccnc2)[C@@H]1c1ccccc1.[Na+]. The zero-order valence-corrected chi connectivity index (χ0v) is 18.2. The summed E-state index contributed by atoms with van der Waals surface area (Å²) in [4.78, 5) is 29.5.